The molecule has 2 aromatic rings. The first-order chi connectivity index (χ1) is 7.25. The fourth-order valence-electron chi connectivity index (χ4n) is 1.40. The van der Waals surface area contributed by atoms with Crippen LogP contribution >= 0.6 is 22.6 Å². The predicted molar refractivity (Wildman–Crippen MR) is 69.9 cm³/mol. The van der Waals surface area contributed by atoms with E-state index in [9.17, 15) is 0 Å². The lowest BCUT2D eigenvalue weighted by Crippen LogP contribution is -2.05. The Hall–Kier alpha value is -0.970. The highest BCUT2D eigenvalue weighted by Gasteiger charge is 2.05. The Morgan fingerprint density at radius 2 is 1.93 bits per heavy atom. The third-order valence-electron chi connectivity index (χ3n) is 2.27. The first kappa shape index (κ1) is 10.5. The summed E-state index contributed by atoms with van der Waals surface area (Å²) in [5.41, 5.74) is 2.29. The van der Waals surface area contributed by atoms with Gasteiger partial charge in [-0.1, -0.05) is 0 Å². The molecule has 1 N–H and O–H groups in total. The van der Waals surface area contributed by atoms with E-state index < -0.39 is 0 Å². The molecule has 0 saturated heterocycles. The molecule has 1 atom stereocenters. The average Bonchev–Trinajstić information content (AvgIpc) is 2.74. The van der Waals surface area contributed by atoms with E-state index in [0.29, 0.717) is 0 Å². The molecule has 15 heavy (non-hydrogen) atoms. The molecule has 0 aliphatic heterocycles. The number of hydrogen-bond acceptors (Lipinski definition) is 2. The van der Waals surface area contributed by atoms with Crippen LogP contribution in [0.3, 0.4) is 0 Å². The Morgan fingerprint density at radius 1 is 1.20 bits per heavy atom. The van der Waals surface area contributed by atoms with E-state index in [-0.39, 0.29) is 6.04 Å². The molecule has 0 saturated carbocycles. The summed E-state index contributed by atoms with van der Waals surface area (Å²) in [6.07, 6.45) is 3.46. The van der Waals surface area contributed by atoms with Gasteiger partial charge in [0.15, 0.2) is 0 Å². The molecule has 0 fully saturated rings. The highest BCUT2D eigenvalue weighted by Crippen LogP contribution is 2.20. The third-order valence-corrected chi connectivity index (χ3v) is 2.99. The standard InChI is InChI=1S/C12H12INO/c1-9(10-6-7-15-8-10)14-12-4-2-11(13)3-5-12/h2-9,14H,1H3. The van der Waals surface area contributed by atoms with E-state index in [4.69, 9.17) is 4.42 Å². The van der Waals surface area contributed by atoms with Gasteiger partial charge in [0.05, 0.1) is 18.6 Å². The smallest absolute Gasteiger partial charge is 0.0955 e. The van der Waals surface area contributed by atoms with Gasteiger partial charge in [-0.05, 0) is 59.8 Å². The normalized spacial score (nSPS) is 12.4. The maximum absolute atomic E-state index is 5.05. The average molecular weight is 313 g/mol. The monoisotopic (exact) mass is 313 g/mol. The van der Waals surface area contributed by atoms with Gasteiger partial charge in [-0.25, -0.2) is 0 Å². The number of hydrogen-bond donors (Lipinski definition) is 1. The Morgan fingerprint density at radius 3 is 2.53 bits per heavy atom. The van der Waals surface area contributed by atoms with E-state index in [1.54, 1.807) is 12.5 Å². The lowest BCUT2D eigenvalue weighted by molar-refractivity contribution is 0.562. The van der Waals surface area contributed by atoms with Gasteiger partial charge in [0.2, 0.25) is 0 Å². The molecule has 0 spiro atoms. The van der Waals surface area contributed by atoms with Crippen LogP contribution in [0.1, 0.15) is 18.5 Å². The third kappa shape index (κ3) is 2.75. The lowest BCUT2D eigenvalue weighted by atomic mass is 10.1. The second-order valence-electron chi connectivity index (χ2n) is 3.43. The first-order valence-electron chi connectivity index (χ1n) is 4.80. The van der Waals surface area contributed by atoms with Crippen molar-refractivity contribution in [2.75, 3.05) is 5.32 Å². The van der Waals surface area contributed by atoms with Crippen LogP contribution in [0, 0.1) is 3.57 Å². The lowest BCUT2D eigenvalue weighted by Gasteiger charge is -2.13. The molecule has 0 radical (unpaired) electrons. The fraction of sp³-hybridized carbons (Fsp3) is 0.167. The zero-order chi connectivity index (χ0) is 10.7. The highest BCUT2D eigenvalue weighted by atomic mass is 127. The minimum atomic E-state index is 0.267. The van der Waals surface area contributed by atoms with Gasteiger partial charge in [0.25, 0.3) is 0 Å². The summed E-state index contributed by atoms with van der Waals surface area (Å²) in [5.74, 6) is 0. The van der Waals surface area contributed by atoms with Crippen LogP contribution in [0.2, 0.25) is 0 Å². The van der Waals surface area contributed by atoms with Crippen molar-refractivity contribution in [3.63, 3.8) is 0 Å². The van der Waals surface area contributed by atoms with Crippen molar-refractivity contribution in [1.82, 2.24) is 0 Å². The molecular weight excluding hydrogens is 301 g/mol. The number of anilines is 1. The van der Waals surface area contributed by atoms with Gasteiger partial charge in [-0.2, -0.15) is 0 Å². The number of furan rings is 1. The maximum Gasteiger partial charge on any atom is 0.0955 e. The fourth-order valence-corrected chi connectivity index (χ4v) is 1.76. The van der Waals surface area contributed by atoms with Crippen molar-refractivity contribution in [1.29, 1.82) is 0 Å². The SMILES string of the molecule is CC(Nc1ccc(I)cc1)c1ccoc1. The molecule has 0 bridgehead atoms. The van der Waals surface area contributed by atoms with Crippen LogP contribution in [-0.2, 0) is 0 Å². The summed E-state index contributed by atoms with van der Waals surface area (Å²) < 4.78 is 6.30. The van der Waals surface area contributed by atoms with Gasteiger partial charge in [0.1, 0.15) is 0 Å². The molecule has 1 aromatic heterocycles. The van der Waals surface area contributed by atoms with E-state index in [2.05, 4.69) is 59.1 Å². The summed E-state index contributed by atoms with van der Waals surface area (Å²) >= 11 is 2.30. The second-order valence-corrected chi connectivity index (χ2v) is 4.68. The van der Waals surface area contributed by atoms with Crippen LogP contribution in [-0.4, -0.2) is 0 Å². The number of halogens is 1. The highest BCUT2D eigenvalue weighted by molar-refractivity contribution is 14.1. The molecule has 1 heterocycles. The minimum Gasteiger partial charge on any atom is -0.472 e. The van der Waals surface area contributed by atoms with E-state index in [1.807, 2.05) is 6.07 Å². The Labute approximate surface area is 103 Å². The van der Waals surface area contributed by atoms with Crippen LogP contribution in [0.15, 0.2) is 47.3 Å². The van der Waals surface area contributed by atoms with Gasteiger partial charge in [-0.3, -0.25) is 0 Å². The van der Waals surface area contributed by atoms with Crippen LogP contribution in [0.5, 0.6) is 0 Å². The van der Waals surface area contributed by atoms with Crippen molar-refractivity contribution < 1.29 is 4.42 Å². The zero-order valence-corrected chi connectivity index (χ0v) is 10.6. The minimum absolute atomic E-state index is 0.267. The molecule has 0 aliphatic rings. The first-order valence-corrected chi connectivity index (χ1v) is 5.88. The zero-order valence-electron chi connectivity index (χ0n) is 8.41. The van der Waals surface area contributed by atoms with E-state index in [0.717, 1.165) is 11.3 Å². The molecule has 2 nitrogen and oxygen atoms in total. The predicted octanol–water partition coefficient (Wildman–Crippen LogP) is 4.06. The molecule has 1 unspecified atom stereocenters. The molecule has 0 aliphatic carbocycles. The molecule has 0 amide bonds. The summed E-state index contributed by atoms with van der Waals surface area (Å²) in [6, 6.07) is 10.6. The van der Waals surface area contributed by atoms with Gasteiger partial charge in [-0.15, -0.1) is 0 Å². The quantitative estimate of drug-likeness (QED) is 0.865. The van der Waals surface area contributed by atoms with Crippen molar-refractivity contribution in [3.8, 4) is 0 Å². The number of benzene rings is 1. The maximum atomic E-state index is 5.05. The summed E-state index contributed by atoms with van der Waals surface area (Å²) in [7, 11) is 0. The number of nitrogens with one attached hydrogen (secondary N) is 1. The molecule has 2 rings (SSSR count). The largest absolute Gasteiger partial charge is 0.472 e. The Balaban J connectivity index is 2.06. The summed E-state index contributed by atoms with van der Waals surface area (Å²) in [5, 5.41) is 3.41. The van der Waals surface area contributed by atoms with E-state index in [1.165, 1.54) is 3.57 Å². The number of rotatable bonds is 3. The van der Waals surface area contributed by atoms with Crippen LogP contribution in [0.25, 0.3) is 0 Å². The molecule has 1 aromatic carbocycles. The van der Waals surface area contributed by atoms with Crippen molar-refractivity contribution >= 4 is 28.3 Å². The van der Waals surface area contributed by atoms with Gasteiger partial charge < -0.3 is 9.73 Å². The van der Waals surface area contributed by atoms with Crippen molar-refractivity contribution in [2.24, 2.45) is 0 Å². The Bertz CT molecular complexity index is 408. The van der Waals surface area contributed by atoms with Crippen molar-refractivity contribution in [3.05, 3.63) is 52.0 Å². The van der Waals surface area contributed by atoms with Crippen LogP contribution in [0.4, 0.5) is 5.69 Å². The van der Waals surface area contributed by atoms with Gasteiger partial charge >= 0.3 is 0 Å². The molecular formula is C12H12INO. The topological polar surface area (TPSA) is 25.2 Å². The summed E-state index contributed by atoms with van der Waals surface area (Å²) in [4.78, 5) is 0. The van der Waals surface area contributed by atoms with Crippen molar-refractivity contribution in [2.45, 2.75) is 13.0 Å². The second kappa shape index (κ2) is 4.70. The Kier molecular flexibility index (Phi) is 3.30. The molecule has 78 valence electrons. The summed E-state index contributed by atoms with van der Waals surface area (Å²) in [6.45, 7) is 2.11. The van der Waals surface area contributed by atoms with Gasteiger partial charge in [0, 0.05) is 14.8 Å². The van der Waals surface area contributed by atoms with E-state index >= 15 is 0 Å². The molecule has 3 heteroatoms. The van der Waals surface area contributed by atoms with Crippen LogP contribution < -0.4 is 5.32 Å².